The Balaban J connectivity index is 1.37. The first-order valence-electron chi connectivity index (χ1n) is 29.3. The summed E-state index contributed by atoms with van der Waals surface area (Å²) < 4.78 is 48.2. The lowest BCUT2D eigenvalue weighted by molar-refractivity contribution is -0.346. The minimum atomic E-state index is -2.76. The molecule has 1 aliphatic heterocycles. The van der Waals surface area contributed by atoms with E-state index in [9.17, 15) is 19.5 Å². The Kier molecular flexibility index (Phi) is 18.4. The second-order valence-electron chi connectivity index (χ2n) is 23.8. The molecule has 1 amide bonds. The van der Waals surface area contributed by atoms with Gasteiger partial charge in [-0.25, -0.2) is 9.59 Å². The van der Waals surface area contributed by atoms with Crippen molar-refractivity contribution in [2.45, 2.75) is 205 Å². The number of amides is 1. The van der Waals surface area contributed by atoms with E-state index >= 15 is 14.4 Å². The quantitative estimate of drug-likeness (QED) is 0.0442. The summed E-state index contributed by atoms with van der Waals surface area (Å²) in [6.45, 7) is 20.2. The predicted octanol–water partition coefficient (Wildman–Crippen LogP) is 11.0. The molecule has 3 aromatic carbocycles. The number of Topliss-reactive ketones (excluding diaryl/α,β-unsaturated/α-hetero) is 1. The molecule has 1 unspecified atom stereocenters. The molecule has 434 valence electrons. The highest BCUT2D eigenvalue weighted by Crippen LogP contribution is 2.65. The Hall–Kier alpha value is -5.31. The summed E-state index contributed by atoms with van der Waals surface area (Å²) >= 11 is 0. The number of benzene rings is 3. The van der Waals surface area contributed by atoms with Gasteiger partial charge in [0, 0.05) is 30.7 Å². The third kappa shape index (κ3) is 11.0. The number of esters is 4. The van der Waals surface area contributed by atoms with E-state index in [0.717, 1.165) is 12.8 Å². The van der Waals surface area contributed by atoms with Gasteiger partial charge in [-0.05, 0) is 104 Å². The third-order valence-corrected chi connectivity index (χ3v) is 29.0. The smallest absolute Gasteiger partial charge is 0.338 e. The van der Waals surface area contributed by atoms with E-state index in [1.807, 2.05) is 51.1 Å². The van der Waals surface area contributed by atoms with Gasteiger partial charge >= 0.3 is 23.9 Å². The molecule has 5 aliphatic rings. The molecule has 4 aliphatic carbocycles. The van der Waals surface area contributed by atoms with Gasteiger partial charge < -0.3 is 43.0 Å². The van der Waals surface area contributed by atoms with Crippen molar-refractivity contribution in [3.63, 3.8) is 0 Å². The molecule has 2 bridgehead atoms. The Morgan fingerprint density at radius 3 is 1.82 bits per heavy atom. The summed E-state index contributed by atoms with van der Waals surface area (Å²) in [5.74, 6) is -5.84. The van der Waals surface area contributed by atoms with Crippen LogP contribution in [0.3, 0.4) is 0 Å². The van der Waals surface area contributed by atoms with Gasteiger partial charge in [0.15, 0.2) is 40.2 Å². The van der Waals surface area contributed by atoms with Crippen molar-refractivity contribution in [1.29, 1.82) is 0 Å². The van der Waals surface area contributed by atoms with E-state index in [2.05, 4.69) is 26.1 Å². The van der Waals surface area contributed by atoms with Gasteiger partial charge in [-0.3, -0.25) is 19.2 Å². The van der Waals surface area contributed by atoms with Crippen molar-refractivity contribution in [3.8, 4) is 0 Å². The highest BCUT2D eigenvalue weighted by Gasteiger charge is 2.79. The first-order chi connectivity index (χ1) is 38.1. The Morgan fingerprint density at radius 1 is 0.750 bits per heavy atom. The van der Waals surface area contributed by atoms with Gasteiger partial charge in [0.25, 0.3) is 5.91 Å². The molecule has 8 rings (SSSR count). The number of hydrogen-bond donors (Lipinski definition) is 2. The normalized spacial score (nSPS) is 29.1. The molecule has 2 N–H and O–H groups in total. The van der Waals surface area contributed by atoms with Gasteiger partial charge in [0.1, 0.15) is 23.9 Å². The SMILES string of the molecule is CC[Si](CC)(CC)O[C@H]1C[C@H]2OC[C@@]2(OC(=O)C2CCCC2)C2[C@H](OC(=O)c3ccccc3)[C@]3(O)C[C@H](OC(=O)[C@H](O[Si](CC)(CC)CC)[C@@H](NC(=O)c4ccccc4)c4ccccc4)C(C)=C([C@@H](OC(C)=O)C(=O)[C@@]21C)C3(C)C. The number of aliphatic hydroxyl groups is 1. The van der Waals surface area contributed by atoms with Crippen LogP contribution in [-0.4, -0.2) is 112 Å². The lowest BCUT2D eigenvalue weighted by atomic mass is 9.44. The van der Waals surface area contributed by atoms with E-state index in [4.69, 9.17) is 32.5 Å². The van der Waals surface area contributed by atoms with Crippen LogP contribution in [0, 0.1) is 22.7 Å². The van der Waals surface area contributed by atoms with Crippen molar-refractivity contribution < 1.29 is 66.4 Å². The number of ketones is 1. The van der Waals surface area contributed by atoms with Gasteiger partial charge in [0.2, 0.25) is 0 Å². The third-order valence-electron chi connectivity index (χ3n) is 19.7. The summed E-state index contributed by atoms with van der Waals surface area (Å²) in [5.41, 5.74) is -5.86. The lowest BCUT2D eigenvalue weighted by Crippen LogP contribution is -2.82. The Bertz CT molecular complexity index is 2740. The van der Waals surface area contributed by atoms with Gasteiger partial charge in [0.05, 0.1) is 41.6 Å². The van der Waals surface area contributed by atoms with Crippen LogP contribution in [0.4, 0.5) is 0 Å². The monoisotopic (exact) mass is 1140 g/mol. The summed E-state index contributed by atoms with van der Waals surface area (Å²) in [6.07, 6.45) is -5.52. The number of carbonyl (C=O) groups excluding carboxylic acids is 6. The Labute approximate surface area is 474 Å². The molecule has 15 nitrogen and oxygen atoms in total. The second kappa shape index (κ2) is 24.3. The van der Waals surface area contributed by atoms with Crippen LogP contribution in [0.1, 0.15) is 147 Å². The van der Waals surface area contributed by atoms with Crippen LogP contribution in [-0.2, 0) is 51.7 Å². The highest BCUT2D eigenvalue weighted by molar-refractivity contribution is 6.74. The van der Waals surface area contributed by atoms with Gasteiger partial charge in [-0.2, -0.15) is 0 Å². The molecule has 4 fully saturated rings. The standard InChI is InChI=1S/C63H85NO14Si2/c1-12-79(13-2,14-3)77-47-37-48-62(39-72-48,76-58(69)45-35-27-28-36-45)53-55(75-57(68)44-33-25-20-26-34-44)63(71)38-46(40(7)49(60(63,9)10)51(73-41(8)65)54(66)61(47,53)11)74-59(70)52(78-80(15-4,16-5)17-6)50(42-29-21-18-22-30-42)64-56(67)43-31-23-19-24-32-43/h18-26,29-34,45-48,50-53,55,71H,12-17,27-28,35-39H2,1-11H3,(H,64,67)/t46-,47-,48+,50-,51+,52+,53?,55-,61+,62-,63+/m0/s1. The molecular formula is C63H85NO14Si2. The fraction of sp³-hybridized carbons (Fsp3) is 0.587. The fourth-order valence-corrected chi connectivity index (χ4v) is 19.9. The van der Waals surface area contributed by atoms with Gasteiger partial charge in [-0.1, -0.05) is 135 Å². The first-order valence-corrected chi connectivity index (χ1v) is 34.4. The minimum Gasteiger partial charge on any atom is -0.456 e. The fourth-order valence-electron chi connectivity index (χ4n) is 14.2. The molecule has 17 heteroatoms. The van der Waals surface area contributed by atoms with Crippen LogP contribution in [0.15, 0.2) is 102 Å². The van der Waals surface area contributed by atoms with E-state index in [1.165, 1.54) is 6.92 Å². The minimum absolute atomic E-state index is 0.112. The second-order valence-corrected chi connectivity index (χ2v) is 33.3. The zero-order valence-corrected chi connectivity index (χ0v) is 50.8. The molecule has 3 saturated carbocycles. The molecular weight excluding hydrogens is 1050 g/mol. The van der Waals surface area contributed by atoms with Crippen molar-refractivity contribution in [3.05, 3.63) is 119 Å². The largest absolute Gasteiger partial charge is 0.456 e. The lowest BCUT2D eigenvalue weighted by Gasteiger charge is -2.68. The Morgan fingerprint density at radius 2 is 1.30 bits per heavy atom. The van der Waals surface area contributed by atoms with Gasteiger partial charge in [-0.15, -0.1) is 0 Å². The van der Waals surface area contributed by atoms with Crippen molar-refractivity contribution >= 4 is 52.2 Å². The van der Waals surface area contributed by atoms with Crippen molar-refractivity contribution in [1.82, 2.24) is 5.32 Å². The number of ether oxygens (including phenoxy) is 5. The van der Waals surface area contributed by atoms with Crippen LogP contribution in [0.2, 0.25) is 36.3 Å². The van der Waals surface area contributed by atoms with Crippen LogP contribution in [0.25, 0.3) is 0 Å². The van der Waals surface area contributed by atoms with E-state index < -0.39 is 135 Å². The van der Waals surface area contributed by atoms with Crippen LogP contribution >= 0.6 is 0 Å². The average Bonchev–Trinajstić information content (AvgIpc) is 4.12. The number of rotatable bonds is 21. The van der Waals surface area contributed by atoms with E-state index in [0.29, 0.717) is 65.8 Å². The van der Waals surface area contributed by atoms with Crippen LogP contribution < -0.4 is 5.32 Å². The topological polar surface area (TPSA) is 199 Å². The van der Waals surface area contributed by atoms with Crippen molar-refractivity contribution in [2.75, 3.05) is 6.61 Å². The molecule has 1 saturated heterocycles. The number of fused-ring (bicyclic) bond motifs is 5. The average molecular weight is 1140 g/mol. The number of hydrogen-bond acceptors (Lipinski definition) is 14. The van der Waals surface area contributed by atoms with E-state index in [-0.39, 0.29) is 24.2 Å². The first kappa shape index (κ1) is 60.8. The molecule has 0 spiro atoms. The summed E-state index contributed by atoms with van der Waals surface area (Å²) in [6, 6.07) is 29.0. The maximum absolute atomic E-state index is 16.9. The molecule has 1 heterocycles. The maximum Gasteiger partial charge on any atom is 0.338 e. The summed E-state index contributed by atoms with van der Waals surface area (Å²) in [5, 5.41) is 17.8. The predicted molar refractivity (Wildman–Crippen MR) is 306 cm³/mol. The van der Waals surface area contributed by atoms with E-state index in [1.54, 1.807) is 88.4 Å². The maximum atomic E-state index is 16.9. The molecule has 0 aromatic heterocycles. The zero-order valence-electron chi connectivity index (χ0n) is 48.8. The van der Waals surface area contributed by atoms with Crippen molar-refractivity contribution in [2.24, 2.45) is 22.7 Å². The summed E-state index contributed by atoms with van der Waals surface area (Å²) in [7, 11) is -5.43. The molecule has 80 heavy (non-hydrogen) atoms. The summed E-state index contributed by atoms with van der Waals surface area (Å²) in [4.78, 5) is 90.7. The molecule has 0 radical (unpaired) electrons. The van der Waals surface area contributed by atoms with Crippen LogP contribution in [0.5, 0.6) is 0 Å². The highest BCUT2D eigenvalue weighted by atomic mass is 28.4. The molecule has 11 atom stereocenters. The zero-order chi connectivity index (χ0) is 58.0. The molecule has 3 aromatic rings. The number of nitrogens with one attached hydrogen (secondary N) is 1. The number of carbonyl (C=O) groups is 6.